The standard InChI is InChI=1S/C13H13F3N2O2S/c1-7(21-2)6-18-10-5-8(11(19)20)3-4-9(10)17-12(18)13(14,15)16/h3-5,7H,6H2,1-2H3,(H,19,20). The third-order valence-corrected chi connectivity index (χ3v) is 4.04. The van der Waals surface area contributed by atoms with Gasteiger partial charge in [-0.25, -0.2) is 9.78 Å². The predicted octanol–water partition coefficient (Wildman–Crippen LogP) is 3.50. The second kappa shape index (κ2) is 5.59. The Hall–Kier alpha value is -1.70. The first kappa shape index (κ1) is 15.7. The largest absolute Gasteiger partial charge is 0.478 e. The summed E-state index contributed by atoms with van der Waals surface area (Å²) < 4.78 is 40.3. The van der Waals surface area contributed by atoms with Crippen molar-refractivity contribution < 1.29 is 23.1 Å². The van der Waals surface area contributed by atoms with Crippen LogP contribution in [0.5, 0.6) is 0 Å². The molecule has 0 aliphatic rings. The summed E-state index contributed by atoms with van der Waals surface area (Å²) in [4.78, 5) is 14.6. The summed E-state index contributed by atoms with van der Waals surface area (Å²) >= 11 is 1.43. The molecule has 1 unspecified atom stereocenters. The van der Waals surface area contributed by atoms with E-state index in [1.165, 1.54) is 30.0 Å². The number of aromatic nitrogens is 2. The Labute approximate surface area is 123 Å². The number of carboxylic acids is 1. The van der Waals surface area contributed by atoms with E-state index in [2.05, 4.69) is 4.98 Å². The molecule has 1 aromatic carbocycles. The number of alkyl halides is 3. The van der Waals surface area contributed by atoms with E-state index in [0.717, 1.165) is 4.57 Å². The maximum absolute atomic E-state index is 13.1. The Bertz CT molecular complexity index is 682. The van der Waals surface area contributed by atoms with Gasteiger partial charge in [-0.2, -0.15) is 24.9 Å². The van der Waals surface area contributed by atoms with E-state index in [4.69, 9.17) is 5.11 Å². The van der Waals surface area contributed by atoms with Gasteiger partial charge in [0.15, 0.2) is 0 Å². The fraction of sp³-hybridized carbons (Fsp3) is 0.385. The minimum absolute atomic E-state index is 0.0583. The van der Waals surface area contributed by atoms with Gasteiger partial charge in [0.05, 0.1) is 16.6 Å². The van der Waals surface area contributed by atoms with E-state index < -0.39 is 18.0 Å². The number of hydrogen-bond acceptors (Lipinski definition) is 3. The van der Waals surface area contributed by atoms with Crippen molar-refractivity contribution >= 4 is 28.8 Å². The van der Waals surface area contributed by atoms with Crippen molar-refractivity contribution in [2.45, 2.75) is 24.9 Å². The Morgan fingerprint density at radius 3 is 2.67 bits per heavy atom. The zero-order chi connectivity index (χ0) is 15.8. The van der Waals surface area contributed by atoms with Crippen molar-refractivity contribution in [1.82, 2.24) is 9.55 Å². The topological polar surface area (TPSA) is 55.1 Å². The molecule has 114 valence electrons. The summed E-state index contributed by atoms with van der Waals surface area (Å²) in [5, 5.41) is 8.92. The molecule has 0 amide bonds. The Balaban J connectivity index is 2.67. The predicted molar refractivity (Wildman–Crippen MR) is 74.7 cm³/mol. The summed E-state index contributed by atoms with van der Waals surface area (Å²) in [6.07, 6.45) is -2.78. The summed E-state index contributed by atoms with van der Waals surface area (Å²) in [5.41, 5.74) is 0.262. The average Bonchev–Trinajstić information content (AvgIpc) is 2.76. The zero-order valence-electron chi connectivity index (χ0n) is 11.3. The van der Waals surface area contributed by atoms with Gasteiger partial charge in [0, 0.05) is 11.8 Å². The Kier molecular flexibility index (Phi) is 4.18. The molecule has 0 radical (unpaired) electrons. The SMILES string of the molecule is CSC(C)Cn1c(C(F)(F)F)nc2ccc(C(=O)O)cc21. The van der Waals surface area contributed by atoms with E-state index in [-0.39, 0.29) is 28.4 Å². The summed E-state index contributed by atoms with van der Waals surface area (Å²) in [6.45, 7) is 1.91. The van der Waals surface area contributed by atoms with Crippen LogP contribution in [-0.2, 0) is 12.7 Å². The first-order chi connectivity index (χ1) is 9.74. The minimum atomic E-state index is -4.58. The lowest BCUT2D eigenvalue weighted by Gasteiger charge is -2.14. The second-order valence-corrected chi connectivity index (χ2v) is 5.87. The van der Waals surface area contributed by atoms with Crippen molar-refractivity contribution in [3.8, 4) is 0 Å². The van der Waals surface area contributed by atoms with Crippen LogP contribution < -0.4 is 0 Å². The molecule has 1 heterocycles. The second-order valence-electron chi connectivity index (χ2n) is 4.60. The highest BCUT2D eigenvalue weighted by atomic mass is 32.2. The number of imidazole rings is 1. The van der Waals surface area contributed by atoms with Crippen LogP contribution in [0.3, 0.4) is 0 Å². The molecular weight excluding hydrogens is 305 g/mol. The molecule has 0 fully saturated rings. The number of carbonyl (C=O) groups is 1. The van der Waals surface area contributed by atoms with Crippen LogP contribution >= 0.6 is 11.8 Å². The number of carboxylic acid groups (broad SMARTS) is 1. The smallest absolute Gasteiger partial charge is 0.449 e. The molecule has 0 saturated heterocycles. The molecule has 2 rings (SSSR count). The first-order valence-corrected chi connectivity index (χ1v) is 7.36. The van der Waals surface area contributed by atoms with Crippen molar-refractivity contribution in [3.63, 3.8) is 0 Å². The maximum Gasteiger partial charge on any atom is 0.449 e. The monoisotopic (exact) mass is 318 g/mol. The molecule has 1 N–H and O–H groups in total. The molecule has 1 atom stereocenters. The summed E-state index contributed by atoms with van der Waals surface area (Å²) in [5.74, 6) is -2.18. The number of benzene rings is 1. The van der Waals surface area contributed by atoms with Gasteiger partial charge in [0.25, 0.3) is 0 Å². The van der Waals surface area contributed by atoms with Crippen LogP contribution in [0, 0.1) is 0 Å². The van der Waals surface area contributed by atoms with E-state index in [1.54, 1.807) is 13.2 Å². The minimum Gasteiger partial charge on any atom is -0.478 e. The molecule has 0 saturated carbocycles. The third kappa shape index (κ3) is 3.15. The van der Waals surface area contributed by atoms with Crippen LogP contribution in [0.4, 0.5) is 13.2 Å². The third-order valence-electron chi connectivity index (χ3n) is 3.09. The van der Waals surface area contributed by atoms with Gasteiger partial charge < -0.3 is 9.67 Å². The van der Waals surface area contributed by atoms with Crippen molar-refractivity contribution in [1.29, 1.82) is 0 Å². The molecule has 2 aromatic rings. The molecule has 1 aromatic heterocycles. The van der Waals surface area contributed by atoms with Gasteiger partial charge in [-0.05, 0) is 24.5 Å². The van der Waals surface area contributed by atoms with Crippen LogP contribution in [0.15, 0.2) is 18.2 Å². The number of fused-ring (bicyclic) bond motifs is 1. The lowest BCUT2D eigenvalue weighted by atomic mass is 10.2. The van der Waals surface area contributed by atoms with Gasteiger partial charge in [-0.1, -0.05) is 6.92 Å². The number of rotatable bonds is 4. The van der Waals surface area contributed by atoms with Crippen molar-refractivity contribution in [2.24, 2.45) is 0 Å². The Morgan fingerprint density at radius 2 is 2.14 bits per heavy atom. The first-order valence-electron chi connectivity index (χ1n) is 6.07. The quantitative estimate of drug-likeness (QED) is 0.937. The molecule has 8 heteroatoms. The van der Waals surface area contributed by atoms with Gasteiger partial charge in [0.1, 0.15) is 0 Å². The highest BCUT2D eigenvalue weighted by molar-refractivity contribution is 7.99. The number of halogens is 3. The fourth-order valence-electron chi connectivity index (χ4n) is 1.99. The average molecular weight is 318 g/mol. The van der Waals surface area contributed by atoms with E-state index >= 15 is 0 Å². The Morgan fingerprint density at radius 1 is 1.48 bits per heavy atom. The van der Waals surface area contributed by atoms with Crippen LogP contribution in [0.25, 0.3) is 11.0 Å². The fourth-order valence-corrected chi connectivity index (χ4v) is 2.29. The summed E-state index contributed by atoms with van der Waals surface area (Å²) in [6, 6.07) is 3.78. The number of thioether (sulfide) groups is 1. The zero-order valence-corrected chi connectivity index (χ0v) is 12.1. The highest BCUT2D eigenvalue weighted by Crippen LogP contribution is 2.32. The van der Waals surface area contributed by atoms with Crippen molar-refractivity contribution in [2.75, 3.05) is 6.26 Å². The maximum atomic E-state index is 13.1. The van der Waals surface area contributed by atoms with Gasteiger partial charge in [0.2, 0.25) is 5.82 Å². The van der Waals surface area contributed by atoms with E-state index in [9.17, 15) is 18.0 Å². The molecule has 0 aliphatic heterocycles. The van der Waals surface area contributed by atoms with Gasteiger partial charge in [-0.3, -0.25) is 0 Å². The molecule has 21 heavy (non-hydrogen) atoms. The van der Waals surface area contributed by atoms with Crippen molar-refractivity contribution in [3.05, 3.63) is 29.6 Å². The van der Waals surface area contributed by atoms with Crippen LogP contribution in [0.2, 0.25) is 0 Å². The normalized spacial score (nSPS) is 13.6. The van der Waals surface area contributed by atoms with Crippen LogP contribution in [0.1, 0.15) is 23.1 Å². The summed E-state index contributed by atoms with van der Waals surface area (Å²) in [7, 11) is 0. The van der Waals surface area contributed by atoms with E-state index in [1.807, 2.05) is 0 Å². The highest BCUT2D eigenvalue weighted by Gasteiger charge is 2.37. The van der Waals surface area contributed by atoms with Crippen LogP contribution in [-0.4, -0.2) is 32.1 Å². The lowest BCUT2D eigenvalue weighted by molar-refractivity contribution is -0.146. The molecule has 0 spiro atoms. The molecule has 0 bridgehead atoms. The van der Waals surface area contributed by atoms with Gasteiger partial charge in [-0.15, -0.1) is 0 Å². The molecule has 0 aliphatic carbocycles. The lowest BCUT2D eigenvalue weighted by Crippen LogP contribution is -2.18. The number of nitrogens with zero attached hydrogens (tertiary/aromatic N) is 2. The number of aromatic carboxylic acids is 1. The molecular formula is C13H13F3N2O2S. The number of hydrogen-bond donors (Lipinski definition) is 1. The van der Waals surface area contributed by atoms with Gasteiger partial charge >= 0.3 is 12.1 Å². The molecule has 4 nitrogen and oxygen atoms in total. The van der Waals surface area contributed by atoms with E-state index in [0.29, 0.717) is 0 Å².